The predicted octanol–water partition coefficient (Wildman–Crippen LogP) is 3.00. The SMILES string of the molecule is COc1cccc([S@](=O)Cc2ccccc2)c1. The van der Waals surface area contributed by atoms with Gasteiger partial charge in [-0.05, 0) is 23.8 Å². The van der Waals surface area contributed by atoms with E-state index in [0.29, 0.717) is 5.75 Å². The van der Waals surface area contributed by atoms with Crippen LogP contribution in [0.1, 0.15) is 5.56 Å². The van der Waals surface area contributed by atoms with E-state index in [1.807, 2.05) is 54.6 Å². The molecule has 0 aromatic heterocycles. The maximum atomic E-state index is 12.1. The summed E-state index contributed by atoms with van der Waals surface area (Å²) in [5, 5.41) is 0. The van der Waals surface area contributed by atoms with Crippen molar-refractivity contribution < 1.29 is 8.95 Å². The lowest BCUT2D eigenvalue weighted by atomic mass is 10.2. The number of methoxy groups -OCH3 is 1. The summed E-state index contributed by atoms with van der Waals surface area (Å²) >= 11 is 0. The second-order valence-corrected chi connectivity index (χ2v) is 5.11. The molecule has 2 aromatic carbocycles. The fraction of sp³-hybridized carbons (Fsp3) is 0.143. The molecule has 88 valence electrons. The van der Waals surface area contributed by atoms with Gasteiger partial charge < -0.3 is 4.74 Å². The van der Waals surface area contributed by atoms with Crippen molar-refractivity contribution in [2.45, 2.75) is 10.6 Å². The molecule has 0 fully saturated rings. The second kappa shape index (κ2) is 5.64. The Morgan fingerprint density at radius 3 is 2.53 bits per heavy atom. The van der Waals surface area contributed by atoms with E-state index in [1.165, 1.54) is 0 Å². The minimum atomic E-state index is -1.03. The molecule has 2 nitrogen and oxygen atoms in total. The summed E-state index contributed by atoms with van der Waals surface area (Å²) in [7, 11) is 0.584. The average molecular weight is 246 g/mol. The van der Waals surface area contributed by atoms with E-state index in [1.54, 1.807) is 7.11 Å². The van der Waals surface area contributed by atoms with Gasteiger partial charge in [0.1, 0.15) is 5.75 Å². The van der Waals surface area contributed by atoms with E-state index in [0.717, 1.165) is 16.2 Å². The lowest BCUT2D eigenvalue weighted by molar-refractivity contribution is 0.413. The molecule has 0 aliphatic carbocycles. The van der Waals surface area contributed by atoms with Gasteiger partial charge in [0.15, 0.2) is 0 Å². The molecule has 0 saturated heterocycles. The Hall–Kier alpha value is -1.61. The molecule has 2 aromatic rings. The van der Waals surface area contributed by atoms with E-state index in [9.17, 15) is 4.21 Å². The lowest BCUT2D eigenvalue weighted by Gasteiger charge is -2.04. The third kappa shape index (κ3) is 3.17. The minimum absolute atomic E-state index is 0.536. The Morgan fingerprint density at radius 1 is 1.06 bits per heavy atom. The van der Waals surface area contributed by atoms with Crippen molar-refractivity contribution in [3.05, 3.63) is 60.2 Å². The highest BCUT2D eigenvalue weighted by Crippen LogP contribution is 2.18. The van der Waals surface area contributed by atoms with Gasteiger partial charge in [0.05, 0.1) is 23.7 Å². The standard InChI is InChI=1S/C14H14O2S/c1-16-13-8-5-9-14(10-13)17(15)11-12-6-3-2-4-7-12/h2-10H,11H2,1H3/t17-/m1/s1. The zero-order valence-corrected chi connectivity index (χ0v) is 10.4. The quantitative estimate of drug-likeness (QED) is 0.829. The molecule has 0 bridgehead atoms. The van der Waals surface area contributed by atoms with Crippen LogP contribution in [-0.4, -0.2) is 11.3 Å². The molecule has 0 unspecified atom stereocenters. The first-order valence-corrected chi connectivity index (χ1v) is 6.68. The minimum Gasteiger partial charge on any atom is -0.497 e. The fourth-order valence-electron chi connectivity index (χ4n) is 1.55. The zero-order chi connectivity index (χ0) is 12.1. The first kappa shape index (κ1) is 11.9. The highest BCUT2D eigenvalue weighted by molar-refractivity contribution is 7.84. The molecule has 0 saturated carbocycles. The summed E-state index contributed by atoms with van der Waals surface area (Å²) in [6.45, 7) is 0. The molecule has 0 N–H and O–H groups in total. The van der Waals surface area contributed by atoms with E-state index in [2.05, 4.69) is 0 Å². The van der Waals surface area contributed by atoms with Crippen LogP contribution in [0.2, 0.25) is 0 Å². The number of rotatable bonds is 4. The van der Waals surface area contributed by atoms with Crippen molar-refractivity contribution in [3.8, 4) is 5.75 Å². The maximum Gasteiger partial charge on any atom is 0.120 e. The van der Waals surface area contributed by atoms with Gasteiger partial charge in [-0.3, -0.25) is 4.21 Å². The molecule has 0 spiro atoms. The Bertz CT molecular complexity index is 509. The summed E-state index contributed by atoms with van der Waals surface area (Å²) < 4.78 is 17.3. The predicted molar refractivity (Wildman–Crippen MR) is 69.5 cm³/mol. The number of hydrogen-bond donors (Lipinski definition) is 0. The van der Waals surface area contributed by atoms with Crippen LogP contribution in [0, 0.1) is 0 Å². The van der Waals surface area contributed by atoms with Gasteiger partial charge in [-0.2, -0.15) is 0 Å². The summed E-state index contributed by atoms with van der Waals surface area (Å²) in [4.78, 5) is 0.799. The van der Waals surface area contributed by atoms with Gasteiger partial charge >= 0.3 is 0 Å². The first-order valence-electron chi connectivity index (χ1n) is 5.36. The molecule has 2 rings (SSSR count). The molecular formula is C14H14O2S. The lowest BCUT2D eigenvalue weighted by Crippen LogP contribution is -1.96. The third-order valence-electron chi connectivity index (χ3n) is 2.44. The van der Waals surface area contributed by atoms with Gasteiger partial charge in [0.2, 0.25) is 0 Å². The summed E-state index contributed by atoms with van der Waals surface area (Å²) in [6, 6.07) is 17.2. The molecular weight excluding hydrogens is 232 g/mol. The van der Waals surface area contributed by atoms with Crippen LogP contribution < -0.4 is 4.74 Å². The van der Waals surface area contributed by atoms with Crippen molar-refractivity contribution in [1.29, 1.82) is 0 Å². The van der Waals surface area contributed by atoms with Crippen LogP contribution in [-0.2, 0) is 16.6 Å². The second-order valence-electron chi connectivity index (χ2n) is 3.65. The van der Waals surface area contributed by atoms with Crippen LogP contribution in [0.25, 0.3) is 0 Å². The molecule has 0 aliphatic rings. The van der Waals surface area contributed by atoms with Gasteiger partial charge in [0.25, 0.3) is 0 Å². The van der Waals surface area contributed by atoms with Crippen LogP contribution in [0.3, 0.4) is 0 Å². The van der Waals surface area contributed by atoms with Crippen molar-refractivity contribution in [2.24, 2.45) is 0 Å². The molecule has 1 atom stereocenters. The van der Waals surface area contributed by atoms with E-state index in [-0.39, 0.29) is 0 Å². The van der Waals surface area contributed by atoms with Crippen molar-refractivity contribution in [3.63, 3.8) is 0 Å². The maximum absolute atomic E-state index is 12.1. The number of hydrogen-bond acceptors (Lipinski definition) is 2. The monoisotopic (exact) mass is 246 g/mol. The Morgan fingerprint density at radius 2 is 1.82 bits per heavy atom. The average Bonchev–Trinajstić information content (AvgIpc) is 2.40. The van der Waals surface area contributed by atoms with Gasteiger partial charge in [-0.15, -0.1) is 0 Å². The fourth-order valence-corrected chi connectivity index (χ4v) is 2.69. The Kier molecular flexibility index (Phi) is 3.94. The molecule has 3 heteroatoms. The molecule has 0 radical (unpaired) electrons. The van der Waals surface area contributed by atoms with Gasteiger partial charge in [-0.25, -0.2) is 0 Å². The molecule has 0 amide bonds. The Balaban J connectivity index is 2.14. The van der Waals surface area contributed by atoms with Crippen LogP contribution >= 0.6 is 0 Å². The van der Waals surface area contributed by atoms with Crippen molar-refractivity contribution >= 4 is 10.8 Å². The van der Waals surface area contributed by atoms with Crippen molar-refractivity contribution in [2.75, 3.05) is 7.11 Å². The number of ether oxygens (including phenoxy) is 1. The van der Waals surface area contributed by atoms with Crippen LogP contribution in [0.5, 0.6) is 5.75 Å². The first-order chi connectivity index (χ1) is 8.29. The molecule has 0 heterocycles. The van der Waals surface area contributed by atoms with Crippen LogP contribution in [0.4, 0.5) is 0 Å². The normalized spacial score (nSPS) is 12.1. The van der Waals surface area contributed by atoms with Crippen LogP contribution in [0.15, 0.2) is 59.5 Å². The topological polar surface area (TPSA) is 26.3 Å². The summed E-state index contributed by atoms with van der Waals surface area (Å²) in [5.74, 6) is 1.28. The van der Waals surface area contributed by atoms with E-state index < -0.39 is 10.8 Å². The third-order valence-corrected chi connectivity index (χ3v) is 3.82. The molecule has 0 aliphatic heterocycles. The van der Waals surface area contributed by atoms with E-state index >= 15 is 0 Å². The molecule has 17 heavy (non-hydrogen) atoms. The zero-order valence-electron chi connectivity index (χ0n) is 9.63. The summed E-state index contributed by atoms with van der Waals surface area (Å²) in [6.07, 6.45) is 0. The summed E-state index contributed by atoms with van der Waals surface area (Å²) in [5.41, 5.74) is 1.08. The smallest absolute Gasteiger partial charge is 0.120 e. The van der Waals surface area contributed by atoms with Gasteiger partial charge in [0, 0.05) is 4.90 Å². The highest BCUT2D eigenvalue weighted by Gasteiger charge is 2.05. The largest absolute Gasteiger partial charge is 0.497 e. The van der Waals surface area contributed by atoms with Gasteiger partial charge in [-0.1, -0.05) is 36.4 Å². The Labute approximate surface area is 104 Å². The number of benzene rings is 2. The van der Waals surface area contributed by atoms with E-state index in [4.69, 9.17) is 4.74 Å². The van der Waals surface area contributed by atoms with Crippen molar-refractivity contribution in [1.82, 2.24) is 0 Å². The highest BCUT2D eigenvalue weighted by atomic mass is 32.2.